The summed E-state index contributed by atoms with van der Waals surface area (Å²) in [5, 5.41) is 14.4. The molecule has 0 radical (unpaired) electrons. The molecule has 130 valence electrons. The van der Waals surface area contributed by atoms with Gasteiger partial charge in [-0.1, -0.05) is 38.8 Å². The second-order valence-corrected chi connectivity index (χ2v) is 7.47. The van der Waals surface area contributed by atoms with E-state index in [1.165, 1.54) is 19.3 Å². The maximum Gasteiger partial charge on any atom is 0.352 e. The zero-order chi connectivity index (χ0) is 17.4. The predicted octanol–water partition coefficient (Wildman–Crippen LogP) is 4.10. The molecular weight excluding hydrogens is 300 g/mol. The average molecular weight is 328 g/mol. The summed E-state index contributed by atoms with van der Waals surface area (Å²) < 4.78 is 1.81. The fourth-order valence-corrected chi connectivity index (χ4v) is 4.18. The number of nitrogens with one attached hydrogen (secondary N) is 1. The highest BCUT2D eigenvalue weighted by Gasteiger charge is 2.28. The first-order chi connectivity index (χ1) is 11.4. The van der Waals surface area contributed by atoms with Gasteiger partial charge in [-0.3, -0.25) is 0 Å². The predicted molar refractivity (Wildman–Crippen MR) is 97.4 cm³/mol. The Kier molecular flexibility index (Phi) is 4.68. The Morgan fingerprint density at radius 2 is 2.08 bits per heavy atom. The summed E-state index contributed by atoms with van der Waals surface area (Å²) in [5.74, 6) is 0.503. The SMILES string of the molecule is Cc1ccc2c(CN[C@@H]3CCC[C@H](C)[C@H]3C)c(C(=O)O)n(C)c2c1. The average Bonchev–Trinajstić information content (AvgIpc) is 2.81. The van der Waals surface area contributed by atoms with E-state index < -0.39 is 5.97 Å². The molecule has 4 nitrogen and oxygen atoms in total. The van der Waals surface area contributed by atoms with Crippen molar-refractivity contribution in [3.8, 4) is 0 Å². The Bertz CT molecular complexity index is 763. The topological polar surface area (TPSA) is 54.3 Å². The maximum absolute atomic E-state index is 11.8. The highest BCUT2D eigenvalue weighted by atomic mass is 16.4. The number of aryl methyl sites for hydroxylation is 2. The van der Waals surface area contributed by atoms with Crippen LogP contribution in [0.3, 0.4) is 0 Å². The quantitative estimate of drug-likeness (QED) is 0.888. The van der Waals surface area contributed by atoms with Gasteiger partial charge in [0, 0.05) is 36.1 Å². The third-order valence-electron chi connectivity index (χ3n) is 5.91. The molecule has 2 aromatic rings. The van der Waals surface area contributed by atoms with Crippen molar-refractivity contribution >= 4 is 16.9 Å². The lowest BCUT2D eigenvalue weighted by Crippen LogP contribution is -2.40. The van der Waals surface area contributed by atoms with Gasteiger partial charge in [-0.15, -0.1) is 0 Å². The lowest BCUT2D eigenvalue weighted by atomic mass is 9.78. The normalized spacial score (nSPS) is 24.4. The molecule has 1 aliphatic rings. The van der Waals surface area contributed by atoms with Crippen LogP contribution in [0, 0.1) is 18.8 Å². The van der Waals surface area contributed by atoms with E-state index in [4.69, 9.17) is 0 Å². The number of fused-ring (bicyclic) bond motifs is 1. The monoisotopic (exact) mass is 328 g/mol. The van der Waals surface area contributed by atoms with Gasteiger partial charge in [-0.05, 0) is 36.8 Å². The molecule has 3 rings (SSSR count). The third-order valence-corrected chi connectivity index (χ3v) is 5.91. The second kappa shape index (κ2) is 6.60. The van der Waals surface area contributed by atoms with Gasteiger partial charge >= 0.3 is 5.97 Å². The van der Waals surface area contributed by atoms with Crippen LogP contribution in [-0.4, -0.2) is 21.7 Å². The van der Waals surface area contributed by atoms with E-state index in [-0.39, 0.29) is 0 Å². The first-order valence-corrected chi connectivity index (χ1v) is 8.94. The van der Waals surface area contributed by atoms with Crippen molar-refractivity contribution in [3.05, 3.63) is 35.0 Å². The van der Waals surface area contributed by atoms with E-state index in [1.807, 2.05) is 18.5 Å². The van der Waals surface area contributed by atoms with E-state index in [0.717, 1.165) is 27.9 Å². The summed E-state index contributed by atoms with van der Waals surface area (Å²) in [5.41, 5.74) is 3.45. The van der Waals surface area contributed by atoms with Crippen molar-refractivity contribution in [1.82, 2.24) is 9.88 Å². The van der Waals surface area contributed by atoms with Crippen molar-refractivity contribution in [2.45, 2.75) is 52.6 Å². The van der Waals surface area contributed by atoms with E-state index in [2.05, 4.69) is 37.4 Å². The van der Waals surface area contributed by atoms with Gasteiger partial charge in [-0.25, -0.2) is 4.79 Å². The highest BCUT2D eigenvalue weighted by molar-refractivity contribution is 5.98. The minimum atomic E-state index is -0.854. The molecule has 1 aliphatic carbocycles. The summed E-state index contributed by atoms with van der Waals surface area (Å²) in [7, 11) is 1.85. The van der Waals surface area contributed by atoms with Crippen LogP contribution >= 0.6 is 0 Å². The van der Waals surface area contributed by atoms with Crippen molar-refractivity contribution in [3.63, 3.8) is 0 Å². The standard InChI is InChI=1S/C20H28N2O2/c1-12-8-9-15-16(19(20(23)24)22(4)18(15)10-12)11-21-17-7-5-6-13(2)14(17)3/h8-10,13-14,17,21H,5-7,11H2,1-4H3,(H,23,24)/t13-,14+,17+/m0/s1. The Hall–Kier alpha value is -1.81. The molecule has 1 aromatic heterocycles. The number of carboxylic acids is 1. The molecule has 1 fully saturated rings. The zero-order valence-corrected chi connectivity index (χ0v) is 15.1. The molecule has 0 amide bonds. The lowest BCUT2D eigenvalue weighted by molar-refractivity contribution is 0.0685. The summed E-state index contributed by atoms with van der Waals surface area (Å²) >= 11 is 0. The van der Waals surface area contributed by atoms with Crippen LogP contribution in [0.4, 0.5) is 0 Å². The number of hydrogen-bond donors (Lipinski definition) is 2. The minimum absolute atomic E-state index is 0.402. The van der Waals surface area contributed by atoms with E-state index >= 15 is 0 Å². The fourth-order valence-electron chi connectivity index (χ4n) is 4.18. The first-order valence-electron chi connectivity index (χ1n) is 8.94. The molecule has 4 heteroatoms. The number of aromatic nitrogens is 1. The third kappa shape index (κ3) is 2.95. The first kappa shape index (κ1) is 17.0. The van der Waals surface area contributed by atoms with Gasteiger partial charge in [-0.2, -0.15) is 0 Å². The number of nitrogens with zero attached hydrogens (tertiary/aromatic N) is 1. The fraction of sp³-hybridized carbons (Fsp3) is 0.550. The van der Waals surface area contributed by atoms with Gasteiger partial charge in [0.2, 0.25) is 0 Å². The van der Waals surface area contributed by atoms with E-state index in [0.29, 0.717) is 24.2 Å². The van der Waals surface area contributed by atoms with Crippen molar-refractivity contribution in [2.75, 3.05) is 0 Å². The summed E-state index contributed by atoms with van der Waals surface area (Å²) in [6.07, 6.45) is 3.73. The number of benzene rings is 1. The van der Waals surface area contributed by atoms with Gasteiger partial charge in [0.15, 0.2) is 0 Å². The Labute approximate surface area is 143 Å². The maximum atomic E-state index is 11.8. The number of aromatic carboxylic acids is 1. The zero-order valence-electron chi connectivity index (χ0n) is 15.1. The molecule has 2 N–H and O–H groups in total. The lowest BCUT2D eigenvalue weighted by Gasteiger charge is -2.34. The number of rotatable bonds is 4. The molecule has 24 heavy (non-hydrogen) atoms. The van der Waals surface area contributed by atoms with Crippen LogP contribution in [0.1, 0.15) is 54.7 Å². The van der Waals surface area contributed by atoms with Gasteiger partial charge in [0.05, 0.1) is 0 Å². The Morgan fingerprint density at radius 3 is 2.79 bits per heavy atom. The van der Waals surface area contributed by atoms with E-state index in [9.17, 15) is 9.90 Å². The molecule has 3 atom stereocenters. The molecular formula is C20H28N2O2. The largest absolute Gasteiger partial charge is 0.477 e. The molecule has 0 aliphatic heterocycles. The van der Waals surface area contributed by atoms with Gasteiger partial charge < -0.3 is 15.0 Å². The summed E-state index contributed by atoms with van der Waals surface area (Å²) in [6, 6.07) is 6.65. The second-order valence-electron chi connectivity index (χ2n) is 7.47. The molecule has 0 spiro atoms. The van der Waals surface area contributed by atoms with Crippen LogP contribution in [0.25, 0.3) is 10.9 Å². The number of hydrogen-bond acceptors (Lipinski definition) is 2. The Morgan fingerprint density at radius 1 is 1.33 bits per heavy atom. The van der Waals surface area contributed by atoms with Crippen molar-refractivity contribution < 1.29 is 9.90 Å². The molecule has 1 aromatic carbocycles. The minimum Gasteiger partial charge on any atom is -0.477 e. The van der Waals surface area contributed by atoms with Crippen LogP contribution in [0.5, 0.6) is 0 Å². The van der Waals surface area contributed by atoms with Gasteiger partial charge in [0.1, 0.15) is 5.69 Å². The summed E-state index contributed by atoms with van der Waals surface area (Å²) in [4.78, 5) is 11.8. The van der Waals surface area contributed by atoms with E-state index in [1.54, 1.807) is 0 Å². The molecule has 0 saturated heterocycles. The number of carbonyl (C=O) groups is 1. The van der Waals surface area contributed by atoms with Crippen LogP contribution in [0.2, 0.25) is 0 Å². The molecule has 1 saturated carbocycles. The van der Waals surface area contributed by atoms with Crippen LogP contribution in [-0.2, 0) is 13.6 Å². The smallest absolute Gasteiger partial charge is 0.352 e. The summed E-state index contributed by atoms with van der Waals surface area (Å²) in [6.45, 7) is 7.29. The highest BCUT2D eigenvalue weighted by Crippen LogP contribution is 2.31. The van der Waals surface area contributed by atoms with Crippen molar-refractivity contribution in [1.29, 1.82) is 0 Å². The Balaban J connectivity index is 1.93. The number of carboxylic acid groups (broad SMARTS) is 1. The van der Waals surface area contributed by atoms with Crippen LogP contribution < -0.4 is 5.32 Å². The molecule has 0 unspecified atom stereocenters. The van der Waals surface area contributed by atoms with Gasteiger partial charge in [0.25, 0.3) is 0 Å². The molecule has 0 bridgehead atoms. The van der Waals surface area contributed by atoms with Crippen LogP contribution in [0.15, 0.2) is 18.2 Å². The molecule has 1 heterocycles. The van der Waals surface area contributed by atoms with Crippen molar-refractivity contribution in [2.24, 2.45) is 18.9 Å².